The number of halogens is 5. The molecule has 0 bridgehead atoms. The standard InChI is InChI=1S/C25H29ClF4N6O/c1-16(15-37)34(3)17(2)33-23(14-22(31)18-6-7-21(27)20(26)13-18)35-9-11-36(12-10-35)24-19(25(28,29)30)5-4-8-32-24/h4-8,13-14,16,37H,2,9-12,15,31H2,1,3H3/b22-14-,33-23+. The number of anilines is 1. The second kappa shape index (κ2) is 11.8. The molecule has 0 aliphatic carbocycles. The van der Waals surface area contributed by atoms with Gasteiger partial charge in [-0.15, -0.1) is 0 Å². The number of benzene rings is 1. The fourth-order valence-corrected chi connectivity index (χ4v) is 3.88. The molecular weight excluding hydrogens is 512 g/mol. The molecule has 3 rings (SSSR count). The highest BCUT2D eigenvalue weighted by Gasteiger charge is 2.36. The van der Waals surface area contributed by atoms with E-state index in [1.54, 1.807) is 29.8 Å². The Bertz CT molecular complexity index is 1180. The largest absolute Gasteiger partial charge is 0.419 e. The molecular formula is C25H29ClF4N6O. The van der Waals surface area contributed by atoms with Gasteiger partial charge in [-0.3, -0.25) is 0 Å². The Hall–Kier alpha value is -3.31. The van der Waals surface area contributed by atoms with Crippen molar-refractivity contribution in [3.8, 4) is 0 Å². The Kier molecular flexibility index (Phi) is 9.03. The van der Waals surface area contributed by atoms with Gasteiger partial charge in [-0.2, -0.15) is 13.2 Å². The molecule has 12 heteroatoms. The van der Waals surface area contributed by atoms with E-state index in [9.17, 15) is 22.7 Å². The number of hydrogen-bond acceptors (Lipinski definition) is 6. The number of nitrogens with zero attached hydrogens (tertiary/aromatic N) is 5. The van der Waals surface area contributed by atoms with E-state index in [0.717, 1.165) is 6.07 Å². The quantitative estimate of drug-likeness (QED) is 0.311. The van der Waals surface area contributed by atoms with Gasteiger partial charge in [0.25, 0.3) is 0 Å². The summed E-state index contributed by atoms with van der Waals surface area (Å²) in [5.41, 5.74) is 6.24. The van der Waals surface area contributed by atoms with Crippen molar-refractivity contribution in [2.75, 3.05) is 44.7 Å². The van der Waals surface area contributed by atoms with Crippen molar-refractivity contribution in [1.82, 2.24) is 14.8 Å². The zero-order valence-corrected chi connectivity index (χ0v) is 21.3. The van der Waals surface area contributed by atoms with Crippen molar-refractivity contribution in [3.63, 3.8) is 0 Å². The van der Waals surface area contributed by atoms with Gasteiger partial charge in [0.15, 0.2) is 0 Å². The van der Waals surface area contributed by atoms with Crippen LogP contribution < -0.4 is 10.6 Å². The Balaban J connectivity index is 1.89. The van der Waals surface area contributed by atoms with Crippen molar-refractivity contribution < 1.29 is 22.7 Å². The maximum Gasteiger partial charge on any atom is 0.419 e. The van der Waals surface area contributed by atoms with Crippen molar-refractivity contribution >= 4 is 29.0 Å². The Labute approximate surface area is 218 Å². The first-order valence-corrected chi connectivity index (χ1v) is 11.9. The fraction of sp³-hybridized carbons (Fsp3) is 0.360. The first-order valence-electron chi connectivity index (χ1n) is 11.5. The molecule has 1 fully saturated rings. The highest BCUT2D eigenvalue weighted by molar-refractivity contribution is 6.30. The van der Waals surface area contributed by atoms with Crippen molar-refractivity contribution in [2.24, 2.45) is 10.7 Å². The van der Waals surface area contributed by atoms with E-state index in [2.05, 4.69) is 16.6 Å². The lowest BCUT2D eigenvalue weighted by molar-refractivity contribution is -0.137. The predicted octanol–water partition coefficient (Wildman–Crippen LogP) is 4.20. The fourth-order valence-electron chi connectivity index (χ4n) is 3.70. The zero-order chi connectivity index (χ0) is 27.3. The predicted molar refractivity (Wildman–Crippen MR) is 137 cm³/mol. The second-order valence-electron chi connectivity index (χ2n) is 8.60. The molecule has 0 spiro atoms. The van der Waals surface area contributed by atoms with Gasteiger partial charge < -0.3 is 25.5 Å². The summed E-state index contributed by atoms with van der Waals surface area (Å²) in [5, 5.41) is 9.40. The third-order valence-electron chi connectivity index (χ3n) is 6.11. The molecule has 1 atom stereocenters. The van der Waals surface area contributed by atoms with Crippen LogP contribution in [0, 0.1) is 5.82 Å². The zero-order valence-electron chi connectivity index (χ0n) is 20.5. The summed E-state index contributed by atoms with van der Waals surface area (Å²) in [6.07, 6.45) is -1.60. The van der Waals surface area contributed by atoms with Gasteiger partial charge in [-0.1, -0.05) is 18.2 Å². The van der Waals surface area contributed by atoms with Crippen LogP contribution in [0.4, 0.5) is 23.4 Å². The number of nitrogens with two attached hydrogens (primary N) is 1. The molecule has 2 aromatic rings. The van der Waals surface area contributed by atoms with E-state index in [1.165, 1.54) is 30.5 Å². The van der Waals surface area contributed by atoms with E-state index >= 15 is 0 Å². The van der Waals surface area contributed by atoms with Crippen molar-refractivity contribution in [2.45, 2.75) is 19.1 Å². The minimum Gasteiger partial charge on any atom is -0.398 e. The number of piperazine rings is 1. The molecule has 1 unspecified atom stereocenters. The summed E-state index contributed by atoms with van der Waals surface area (Å²) in [4.78, 5) is 13.7. The minimum absolute atomic E-state index is 0.0855. The number of hydrogen-bond donors (Lipinski definition) is 2. The molecule has 37 heavy (non-hydrogen) atoms. The van der Waals surface area contributed by atoms with E-state index in [-0.39, 0.29) is 42.3 Å². The molecule has 1 aliphatic rings. The molecule has 1 aromatic carbocycles. The molecule has 1 aliphatic heterocycles. The normalized spacial score (nSPS) is 16.1. The average molecular weight is 541 g/mol. The van der Waals surface area contributed by atoms with E-state index in [0.29, 0.717) is 30.3 Å². The smallest absolute Gasteiger partial charge is 0.398 e. The topological polar surface area (TPSA) is 81.2 Å². The number of aliphatic imine (C=N–C) groups is 1. The van der Waals surface area contributed by atoms with E-state index in [4.69, 9.17) is 17.3 Å². The number of amidine groups is 1. The van der Waals surface area contributed by atoms with Gasteiger partial charge in [0.05, 0.1) is 23.2 Å². The summed E-state index contributed by atoms with van der Waals surface area (Å²) >= 11 is 5.90. The summed E-state index contributed by atoms with van der Waals surface area (Å²) in [6.45, 7) is 6.83. The number of aliphatic hydroxyl groups is 1. The van der Waals surface area contributed by atoms with E-state index < -0.39 is 17.6 Å². The highest BCUT2D eigenvalue weighted by Crippen LogP contribution is 2.35. The number of aromatic nitrogens is 1. The van der Waals surface area contributed by atoms with Crippen LogP contribution in [-0.2, 0) is 6.18 Å². The molecule has 2 heterocycles. The van der Waals surface area contributed by atoms with Gasteiger partial charge in [0.1, 0.15) is 23.3 Å². The highest BCUT2D eigenvalue weighted by atomic mass is 35.5. The van der Waals surface area contributed by atoms with Crippen LogP contribution in [-0.4, -0.2) is 71.6 Å². The molecule has 1 aromatic heterocycles. The van der Waals surface area contributed by atoms with Gasteiger partial charge in [-0.05, 0) is 42.8 Å². The number of rotatable bonds is 7. The first-order chi connectivity index (χ1) is 17.4. The van der Waals surface area contributed by atoms with Crippen LogP contribution >= 0.6 is 11.6 Å². The molecule has 1 saturated heterocycles. The van der Waals surface area contributed by atoms with Crippen LogP contribution in [0.15, 0.2) is 60.0 Å². The van der Waals surface area contributed by atoms with E-state index in [1.807, 2.05) is 4.90 Å². The van der Waals surface area contributed by atoms with Crippen LogP contribution in [0.5, 0.6) is 0 Å². The maximum absolute atomic E-state index is 13.6. The maximum atomic E-state index is 13.6. The second-order valence-corrected chi connectivity index (χ2v) is 9.01. The summed E-state index contributed by atoms with van der Waals surface area (Å²) in [5.74, 6) is 0.0648. The van der Waals surface area contributed by atoms with Crippen LogP contribution in [0.3, 0.4) is 0 Å². The SMILES string of the molecule is C=C(/N=C(\C=C(/N)c1ccc(F)c(Cl)c1)N1CCN(c2ncccc2C(F)(F)F)CC1)N(C)C(C)CO. The van der Waals surface area contributed by atoms with Crippen LogP contribution in [0.2, 0.25) is 5.02 Å². The Morgan fingerprint density at radius 2 is 1.97 bits per heavy atom. The molecule has 0 saturated carbocycles. The summed E-state index contributed by atoms with van der Waals surface area (Å²) < 4.78 is 54.1. The lowest BCUT2D eigenvalue weighted by atomic mass is 10.1. The third-order valence-corrected chi connectivity index (χ3v) is 6.40. The van der Waals surface area contributed by atoms with Crippen molar-refractivity contribution in [3.05, 3.63) is 77.0 Å². The number of aliphatic hydroxyl groups excluding tert-OH is 1. The Morgan fingerprint density at radius 3 is 2.57 bits per heavy atom. The molecule has 200 valence electrons. The minimum atomic E-state index is -4.52. The Morgan fingerprint density at radius 1 is 1.30 bits per heavy atom. The van der Waals surface area contributed by atoms with Gasteiger partial charge in [-0.25, -0.2) is 14.4 Å². The third kappa shape index (κ3) is 6.92. The van der Waals surface area contributed by atoms with Gasteiger partial charge in [0, 0.05) is 51.2 Å². The monoisotopic (exact) mass is 540 g/mol. The summed E-state index contributed by atoms with van der Waals surface area (Å²) in [7, 11) is 1.73. The lowest BCUT2D eigenvalue weighted by Gasteiger charge is -2.37. The molecule has 7 nitrogen and oxygen atoms in total. The molecule has 3 N–H and O–H groups in total. The number of alkyl halides is 3. The number of pyridine rings is 1. The van der Waals surface area contributed by atoms with Crippen molar-refractivity contribution in [1.29, 1.82) is 0 Å². The van der Waals surface area contributed by atoms with Crippen LogP contribution in [0.1, 0.15) is 18.1 Å². The average Bonchev–Trinajstić information content (AvgIpc) is 2.88. The summed E-state index contributed by atoms with van der Waals surface area (Å²) in [6, 6.07) is 6.11. The van der Waals surface area contributed by atoms with Gasteiger partial charge in [0.2, 0.25) is 0 Å². The lowest BCUT2D eigenvalue weighted by Crippen LogP contribution is -2.49. The molecule has 0 amide bonds. The van der Waals surface area contributed by atoms with Crippen LogP contribution in [0.25, 0.3) is 5.70 Å². The molecule has 0 radical (unpaired) electrons. The van der Waals surface area contributed by atoms with Gasteiger partial charge >= 0.3 is 6.18 Å². The first kappa shape index (κ1) is 28.3. The number of likely N-dealkylation sites (N-methyl/N-ethyl adjacent to an activating group) is 1.